The van der Waals surface area contributed by atoms with Gasteiger partial charge >= 0.3 is 29.4 Å². The van der Waals surface area contributed by atoms with Crippen LogP contribution in [0.1, 0.15) is 51.8 Å². The van der Waals surface area contributed by atoms with Crippen LogP contribution in [0, 0.1) is 39.2 Å². The van der Waals surface area contributed by atoms with Gasteiger partial charge in [0.2, 0.25) is 0 Å². The van der Waals surface area contributed by atoms with E-state index in [2.05, 4.69) is 24.8 Å². The molecule has 0 spiro atoms. The summed E-state index contributed by atoms with van der Waals surface area (Å²) in [5.74, 6) is -6.09. The summed E-state index contributed by atoms with van der Waals surface area (Å²) in [5, 5.41) is 24.4. The number of benzene rings is 6. The summed E-state index contributed by atoms with van der Waals surface area (Å²) in [6.07, 6.45) is 0. The lowest BCUT2D eigenvalue weighted by molar-refractivity contribution is -0.384. The number of esters is 2. The molecule has 21 nitrogen and oxygen atoms in total. The van der Waals surface area contributed by atoms with Gasteiger partial charge in [0.1, 0.15) is 34.8 Å². The van der Waals surface area contributed by atoms with E-state index in [1.165, 1.54) is 103 Å². The van der Waals surface area contributed by atoms with E-state index in [0.717, 1.165) is 44.5 Å². The molecular weight excluding hydrogens is 1090 g/mol. The van der Waals surface area contributed by atoms with Crippen LogP contribution in [0.5, 0.6) is 5.75 Å². The smallest absolute Gasteiger partial charge is 0.409 e. The van der Waals surface area contributed by atoms with Gasteiger partial charge in [-0.3, -0.25) is 19.7 Å². The Kier molecular flexibility index (Phi) is 24.3. The maximum atomic E-state index is 13.7. The summed E-state index contributed by atoms with van der Waals surface area (Å²) in [6, 6.07) is 26.6. The average Bonchev–Trinajstić information content (AvgIpc) is 3.45. The van der Waals surface area contributed by atoms with Crippen LogP contribution in [0.15, 0.2) is 127 Å². The summed E-state index contributed by atoms with van der Waals surface area (Å²) in [4.78, 5) is 94.2. The Morgan fingerprint density at radius 3 is 1.48 bits per heavy atom. The molecule has 2 fully saturated rings. The van der Waals surface area contributed by atoms with Crippen molar-refractivity contribution in [2.24, 2.45) is 0 Å². The van der Waals surface area contributed by atoms with Gasteiger partial charge in [-0.1, -0.05) is 12.1 Å². The molecule has 4 amide bonds. The Labute approximate surface area is 457 Å². The van der Waals surface area contributed by atoms with Gasteiger partial charge in [0.15, 0.2) is 0 Å². The third kappa shape index (κ3) is 19.7. The summed E-state index contributed by atoms with van der Waals surface area (Å²) in [7, 11) is 2.32. The highest BCUT2D eigenvalue weighted by atomic mass is 35.5. The van der Waals surface area contributed by atoms with E-state index >= 15 is 0 Å². The maximum Gasteiger partial charge on any atom is 0.409 e. The number of hydrogen-bond donors (Lipinski definition) is 5. The number of non-ortho nitro benzene ring substituents is 1. The van der Waals surface area contributed by atoms with Crippen molar-refractivity contribution in [3.05, 3.63) is 194 Å². The third-order valence-electron chi connectivity index (χ3n) is 10.9. The molecule has 2 heterocycles. The number of carbonyl (C=O) groups is 7. The second kappa shape index (κ2) is 30.9. The molecule has 7 N–H and O–H groups in total. The SMILES string of the molecule is COC(=O)c1cc(N)ccc1F.COC(=O)c1cc(NC(=O)N2CCN(C(=O)c3cccc(F)c3)CC2)ccc1F.Nc1ccc(F)c(C(=O)O)c1.O=C(Cl)Oc1ccc([N+](=O)[O-])cc1.O=C(c1cccc(F)c1)N1CCNCC1. The number of aromatic carboxylic acids is 1. The number of amides is 4. The van der Waals surface area contributed by atoms with E-state index in [1.807, 2.05) is 0 Å². The fraction of sp³-hybridized carbons (Fsp3) is 0.189. The number of ether oxygens (including phenoxy) is 3. The predicted molar refractivity (Wildman–Crippen MR) is 281 cm³/mol. The molecule has 0 bridgehead atoms. The highest BCUT2D eigenvalue weighted by Crippen LogP contribution is 2.20. The highest BCUT2D eigenvalue weighted by Gasteiger charge is 2.26. The van der Waals surface area contributed by atoms with Crippen molar-refractivity contribution in [2.75, 3.05) is 83.4 Å². The minimum absolute atomic E-state index is 0.0747. The van der Waals surface area contributed by atoms with E-state index in [0.29, 0.717) is 37.4 Å². The summed E-state index contributed by atoms with van der Waals surface area (Å²) in [6.45, 7) is 4.13. The first kappa shape index (κ1) is 62.8. The van der Waals surface area contributed by atoms with E-state index in [4.69, 9.17) is 28.2 Å². The molecule has 2 aliphatic heterocycles. The van der Waals surface area contributed by atoms with Gasteiger partial charge in [0, 0.05) is 104 Å². The van der Waals surface area contributed by atoms with Crippen LogP contribution >= 0.6 is 11.6 Å². The Balaban J connectivity index is 0.000000230. The number of methoxy groups -OCH3 is 2. The highest BCUT2D eigenvalue weighted by molar-refractivity contribution is 6.61. The van der Waals surface area contributed by atoms with Crippen LogP contribution < -0.4 is 26.8 Å². The summed E-state index contributed by atoms with van der Waals surface area (Å²) < 4.78 is 78.7. The molecule has 6 aromatic rings. The first-order chi connectivity index (χ1) is 38.0. The zero-order chi connectivity index (χ0) is 59.1. The van der Waals surface area contributed by atoms with E-state index in [1.54, 1.807) is 21.9 Å². The molecule has 8 rings (SSSR count). The normalized spacial score (nSPS) is 12.3. The monoisotopic (exact) mass is 1140 g/mol. The molecule has 2 aliphatic rings. The molecule has 0 aromatic heterocycles. The van der Waals surface area contributed by atoms with E-state index < -0.39 is 63.1 Å². The number of hydrogen-bond acceptors (Lipinski definition) is 15. The van der Waals surface area contributed by atoms with Crippen molar-refractivity contribution in [2.45, 2.75) is 0 Å². The Bertz CT molecular complexity index is 3180. The predicted octanol–water partition coefficient (Wildman–Crippen LogP) is 8.25. The van der Waals surface area contributed by atoms with Crippen molar-refractivity contribution in [1.29, 1.82) is 0 Å². The van der Waals surface area contributed by atoms with Crippen molar-refractivity contribution in [3.63, 3.8) is 0 Å². The second-order valence-corrected chi connectivity index (χ2v) is 16.6. The molecule has 0 aliphatic carbocycles. The van der Waals surface area contributed by atoms with Crippen LogP contribution in [0.4, 0.5) is 54.3 Å². The van der Waals surface area contributed by atoms with Gasteiger partial charge < -0.3 is 56.1 Å². The van der Waals surface area contributed by atoms with Crippen LogP contribution in [0.3, 0.4) is 0 Å². The first-order valence-electron chi connectivity index (χ1n) is 23.3. The number of nitrogens with zero attached hydrogens (tertiary/aromatic N) is 4. The molecule has 6 aromatic carbocycles. The summed E-state index contributed by atoms with van der Waals surface area (Å²) in [5.41, 5.74) is 10.2. The molecule has 2 saturated heterocycles. The number of carboxylic acid groups (broad SMARTS) is 1. The van der Waals surface area contributed by atoms with Crippen molar-refractivity contribution >= 4 is 75.5 Å². The number of piperazine rings is 2. The quantitative estimate of drug-likeness (QED) is 0.0239. The Morgan fingerprint density at radius 1 is 0.600 bits per heavy atom. The van der Waals surface area contributed by atoms with E-state index in [-0.39, 0.29) is 70.2 Å². The molecular formula is C53H50ClF5N8O13. The largest absolute Gasteiger partial charge is 0.478 e. The van der Waals surface area contributed by atoms with Crippen LogP contribution in [0.2, 0.25) is 0 Å². The number of nitro benzene ring substituents is 1. The number of urea groups is 1. The number of carbonyl (C=O) groups excluding carboxylic acids is 6. The lowest BCUT2D eigenvalue weighted by atomic mass is 10.1. The van der Waals surface area contributed by atoms with Crippen LogP contribution in [-0.4, -0.2) is 132 Å². The average molecular weight is 1140 g/mol. The molecule has 0 unspecified atom stereocenters. The Hall–Kier alpha value is -9.69. The standard InChI is InChI=1S/C20H19F2N3O4.C11H13FN2O.C8H8FNO2.C7H4ClNO4.C7H6FNO2/c1-29-19(27)16-12-15(5-6-17(16)22)23-20(28)25-9-7-24(8-10-25)18(26)13-3-2-4-14(21)11-13;12-10-3-1-2-9(8-10)11(15)14-6-4-13-5-7-14;1-12-8(11)6-4-5(10)2-3-7(6)9;8-7(10)13-6-3-1-5(2-4-6)9(11)12;8-6-2-1-4(9)3-5(6)7(10)11/h2-6,11-12H,7-10H2,1H3,(H,23,28);1-3,8,13H,4-7H2;2-4H,10H2,1H3;1-4H;1-3H,9H2,(H,10,11). The van der Waals surface area contributed by atoms with Gasteiger partial charge in [0.05, 0.1) is 35.8 Å². The van der Waals surface area contributed by atoms with Crippen molar-refractivity contribution < 1.29 is 79.8 Å². The zero-order valence-electron chi connectivity index (χ0n) is 42.3. The minimum atomic E-state index is -1.31. The number of anilines is 3. The Morgan fingerprint density at radius 2 is 1.04 bits per heavy atom. The number of nitrogens with one attached hydrogen (secondary N) is 2. The second-order valence-electron chi connectivity index (χ2n) is 16.3. The lowest BCUT2D eigenvalue weighted by Crippen LogP contribution is -2.51. The molecule has 0 saturated carbocycles. The van der Waals surface area contributed by atoms with Gasteiger partial charge in [-0.2, -0.15) is 0 Å². The van der Waals surface area contributed by atoms with Crippen LogP contribution in [0.25, 0.3) is 0 Å². The number of rotatable bonds is 8. The van der Waals surface area contributed by atoms with Gasteiger partial charge in [0.25, 0.3) is 17.5 Å². The maximum absolute atomic E-state index is 13.7. The third-order valence-corrected chi connectivity index (χ3v) is 11.0. The van der Waals surface area contributed by atoms with Gasteiger partial charge in [-0.15, -0.1) is 0 Å². The topological polar surface area (TPSA) is 296 Å². The first-order valence-corrected chi connectivity index (χ1v) is 23.7. The fourth-order valence-electron chi connectivity index (χ4n) is 6.91. The number of carboxylic acids is 1. The number of halogens is 6. The number of nitrogen functional groups attached to an aromatic ring is 2. The molecule has 422 valence electrons. The van der Waals surface area contributed by atoms with Crippen molar-refractivity contribution in [3.8, 4) is 5.75 Å². The van der Waals surface area contributed by atoms with Gasteiger partial charge in [-0.05, 0) is 103 Å². The zero-order valence-corrected chi connectivity index (χ0v) is 43.1. The van der Waals surface area contributed by atoms with Crippen LogP contribution in [-0.2, 0) is 9.47 Å². The van der Waals surface area contributed by atoms with Crippen molar-refractivity contribution in [1.82, 2.24) is 20.0 Å². The molecule has 27 heteroatoms. The minimum Gasteiger partial charge on any atom is -0.478 e. The molecule has 0 atom stereocenters. The van der Waals surface area contributed by atoms with E-state index in [9.17, 15) is 65.6 Å². The number of nitro groups is 1. The molecule has 80 heavy (non-hydrogen) atoms. The van der Waals surface area contributed by atoms with Gasteiger partial charge in [-0.25, -0.2) is 45.9 Å². The fourth-order valence-corrected chi connectivity index (χ4v) is 6.99. The number of nitrogens with two attached hydrogens (primary N) is 2. The molecule has 0 radical (unpaired) electrons. The summed E-state index contributed by atoms with van der Waals surface area (Å²) >= 11 is 4.92. The lowest BCUT2D eigenvalue weighted by Gasteiger charge is -2.34.